The van der Waals surface area contributed by atoms with Crippen molar-refractivity contribution >= 4 is 11.7 Å². The molecule has 2 aromatic carbocycles. The zero-order valence-corrected chi connectivity index (χ0v) is 16.8. The van der Waals surface area contributed by atoms with Gasteiger partial charge in [0.05, 0.1) is 7.11 Å². The summed E-state index contributed by atoms with van der Waals surface area (Å²) in [5.41, 5.74) is 2.27. The van der Waals surface area contributed by atoms with E-state index in [1.807, 2.05) is 54.6 Å². The fourth-order valence-electron chi connectivity index (χ4n) is 2.93. The summed E-state index contributed by atoms with van der Waals surface area (Å²) < 4.78 is 5.36. The molecule has 3 aromatic rings. The van der Waals surface area contributed by atoms with E-state index < -0.39 is 0 Å². The van der Waals surface area contributed by atoms with Crippen LogP contribution < -0.4 is 15.4 Å². The summed E-state index contributed by atoms with van der Waals surface area (Å²) in [6.45, 7) is 3.35. The van der Waals surface area contributed by atoms with Crippen molar-refractivity contribution in [1.82, 2.24) is 15.3 Å². The molecular formula is C23H26N4O2. The minimum absolute atomic E-state index is 0.223. The summed E-state index contributed by atoms with van der Waals surface area (Å²) in [6, 6.07) is 19.2. The first-order chi connectivity index (χ1) is 14.2. The number of nitrogens with one attached hydrogen (secondary N) is 2. The van der Waals surface area contributed by atoms with Crippen LogP contribution in [0.4, 0.5) is 5.82 Å². The fourth-order valence-corrected chi connectivity index (χ4v) is 2.93. The lowest BCUT2D eigenvalue weighted by atomic mass is 10.1. The molecule has 0 aliphatic rings. The van der Waals surface area contributed by atoms with E-state index in [9.17, 15) is 4.79 Å². The van der Waals surface area contributed by atoms with E-state index >= 15 is 0 Å². The summed E-state index contributed by atoms with van der Waals surface area (Å²) in [5, 5.41) is 6.20. The van der Waals surface area contributed by atoms with Gasteiger partial charge < -0.3 is 15.4 Å². The Morgan fingerprint density at radius 1 is 1.00 bits per heavy atom. The molecule has 0 bridgehead atoms. The Bertz CT molecular complexity index is 945. The van der Waals surface area contributed by atoms with E-state index in [0.29, 0.717) is 30.3 Å². The van der Waals surface area contributed by atoms with Gasteiger partial charge in [0.25, 0.3) is 5.91 Å². The molecule has 6 nitrogen and oxygen atoms in total. The van der Waals surface area contributed by atoms with Crippen molar-refractivity contribution in [3.8, 4) is 17.1 Å². The van der Waals surface area contributed by atoms with Crippen molar-refractivity contribution in [2.24, 2.45) is 0 Å². The molecule has 0 saturated carbocycles. The van der Waals surface area contributed by atoms with Crippen LogP contribution in [0.25, 0.3) is 11.4 Å². The van der Waals surface area contributed by atoms with Gasteiger partial charge in [0.1, 0.15) is 17.3 Å². The number of hydrogen-bond donors (Lipinski definition) is 2. The molecule has 0 saturated heterocycles. The van der Waals surface area contributed by atoms with E-state index in [1.54, 1.807) is 13.2 Å². The Kier molecular flexibility index (Phi) is 7.16. The number of hydrogen-bond acceptors (Lipinski definition) is 5. The molecule has 0 fully saturated rings. The lowest BCUT2D eigenvalue weighted by Gasteiger charge is -2.11. The minimum Gasteiger partial charge on any atom is -0.496 e. The first-order valence-electron chi connectivity index (χ1n) is 9.79. The highest BCUT2D eigenvalue weighted by atomic mass is 16.5. The Balaban J connectivity index is 1.74. The second kappa shape index (κ2) is 10.2. The molecular weight excluding hydrogens is 364 g/mol. The lowest BCUT2D eigenvalue weighted by molar-refractivity contribution is 0.0949. The maximum atomic E-state index is 12.7. The van der Waals surface area contributed by atoms with Crippen molar-refractivity contribution in [2.45, 2.75) is 19.8 Å². The van der Waals surface area contributed by atoms with Crippen molar-refractivity contribution in [3.05, 3.63) is 71.9 Å². The number of nitrogens with zero attached hydrogens (tertiary/aromatic N) is 2. The van der Waals surface area contributed by atoms with Crippen LogP contribution in [0.15, 0.2) is 60.7 Å². The molecule has 1 amide bonds. The number of methoxy groups -OCH3 is 1. The van der Waals surface area contributed by atoms with E-state index in [1.165, 1.54) is 0 Å². The second-order valence-electron chi connectivity index (χ2n) is 6.57. The van der Waals surface area contributed by atoms with Gasteiger partial charge in [-0.15, -0.1) is 0 Å². The van der Waals surface area contributed by atoms with Crippen LogP contribution in [-0.4, -0.2) is 36.1 Å². The van der Waals surface area contributed by atoms with Crippen molar-refractivity contribution < 1.29 is 9.53 Å². The summed E-state index contributed by atoms with van der Waals surface area (Å²) in [4.78, 5) is 21.8. The third kappa shape index (κ3) is 5.54. The van der Waals surface area contributed by atoms with Crippen molar-refractivity contribution in [3.63, 3.8) is 0 Å². The first kappa shape index (κ1) is 20.3. The number of para-hydroxylation sites is 1. The molecule has 150 valence electrons. The van der Waals surface area contributed by atoms with Crippen LogP contribution in [-0.2, 0) is 6.42 Å². The van der Waals surface area contributed by atoms with Crippen LogP contribution in [0, 0.1) is 0 Å². The standard InChI is InChI=1S/C23H26N4O2/c1-3-14-24-21-16-19(26-22(27-21)18-10-5-4-6-11-18)23(28)25-15-13-17-9-7-8-12-20(17)29-2/h4-12,16H,3,13-15H2,1-2H3,(H,25,28)(H,24,26,27). The monoisotopic (exact) mass is 390 g/mol. The third-order valence-electron chi connectivity index (χ3n) is 4.42. The molecule has 2 N–H and O–H groups in total. The molecule has 0 unspecified atom stereocenters. The minimum atomic E-state index is -0.223. The molecule has 6 heteroatoms. The quantitative estimate of drug-likeness (QED) is 0.579. The topological polar surface area (TPSA) is 76.1 Å². The average molecular weight is 390 g/mol. The summed E-state index contributed by atoms with van der Waals surface area (Å²) in [5.74, 6) is 1.78. The van der Waals surface area contributed by atoms with Crippen molar-refractivity contribution in [1.29, 1.82) is 0 Å². The van der Waals surface area contributed by atoms with Crippen molar-refractivity contribution in [2.75, 3.05) is 25.5 Å². The average Bonchev–Trinajstić information content (AvgIpc) is 2.78. The second-order valence-corrected chi connectivity index (χ2v) is 6.57. The number of rotatable bonds is 9. The zero-order chi connectivity index (χ0) is 20.5. The van der Waals surface area contributed by atoms with E-state index in [2.05, 4.69) is 27.5 Å². The zero-order valence-electron chi connectivity index (χ0n) is 16.8. The highest BCUT2D eigenvalue weighted by Crippen LogP contribution is 2.19. The normalized spacial score (nSPS) is 10.4. The van der Waals surface area contributed by atoms with Gasteiger partial charge in [-0.1, -0.05) is 55.5 Å². The maximum absolute atomic E-state index is 12.7. The van der Waals surface area contributed by atoms with Gasteiger partial charge in [-0.25, -0.2) is 9.97 Å². The van der Waals surface area contributed by atoms with Gasteiger partial charge in [-0.05, 0) is 24.5 Å². The van der Waals surface area contributed by atoms with Crippen LogP contribution in [0.5, 0.6) is 5.75 Å². The number of ether oxygens (including phenoxy) is 1. The smallest absolute Gasteiger partial charge is 0.270 e. The van der Waals surface area contributed by atoms with Gasteiger partial charge in [-0.2, -0.15) is 0 Å². The molecule has 0 aliphatic heterocycles. The highest BCUT2D eigenvalue weighted by Gasteiger charge is 2.13. The van der Waals surface area contributed by atoms with Crippen LogP contribution >= 0.6 is 0 Å². The number of carbonyl (C=O) groups is 1. The SMILES string of the molecule is CCCNc1cc(C(=O)NCCc2ccccc2OC)nc(-c2ccccc2)n1. The molecule has 1 aromatic heterocycles. The maximum Gasteiger partial charge on any atom is 0.270 e. The van der Waals surface area contributed by atoms with Gasteiger partial charge in [0, 0.05) is 24.7 Å². The molecule has 0 atom stereocenters. The Morgan fingerprint density at radius 3 is 2.52 bits per heavy atom. The van der Waals surface area contributed by atoms with E-state index in [-0.39, 0.29) is 5.91 Å². The number of benzene rings is 2. The number of carbonyl (C=O) groups excluding carboxylic acids is 1. The summed E-state index contributed by atoms with van der Waals surface area (Å²) in [7, 11) is 1.65. The van der Waals surface area contributed by atoms with Gasteiger partial charge in [0.2, 0.25) is 0 Å². The first-order valence-corrected chi connectivity index (χ1v) is 9.79. The lowest BCUT2D eigenvalue weighted by Crippen LogP contribution is -2.27. The van der Waals surface area contributed by atoms with Crippen LogP contribution in [0.3, 0.4) is 0 Å². The summed E-state index contributed by atoms with van der Waals surface area (Å²) >= 11 is 0. The fraction of sp³-hybridized carbons (Fsp3) is 0.261. The van der Waals surface area contributed by atoms with E-state index in [4.69, 9.17) is 4.74 Å². The molecule has 3 rings (SSSR count). The summed E-state index contributed by atoms with van der Waals surface area (Å²) in [6.07, 6.45) is 1.64. The predicted molar refractivity (Wildman–Crippen MR) is 115 cm³/mol. The van der Waals surface area contributed by atoms with Gasteiger partial charge in [0.15, 0.2) is 5.82 Å². The third-order valence-corrected chi connectivity index (χ3v) is 4.42. The Morgan fingerprint density at radius 2 is 1.76 bits per heavy atom. The van der Waals surface area contributed by atoms with Crippen LogP contribution in [0.1, 0.15) is 29.4 Å². The Hall–Kier alpha value is -3.41. The Labute approximate surface area is 171 Å². The molecule has 1 heterocycles. The van der Waals surface area contributed by atoms with Gasteiger partial charge in [-0.3, -0.25) is 4.79 Å². The molecule has 0 radical (unpaired) electrons. The van der Waals surface area contributed by atoms with Gasteiger partial charge >= 0.3 is 0 Å². The van der Waals surface area contributed by atoms with E-state index in [0.717, 1.165) is 29.8 Å². The molecule has 29 heavy (non-hydrogen) atoms. The molecule has 0 aliphatic carbocycles. The highest BCUT2D eigenvalue weighted by molar-refractivity contribution is 5.93. The number of amides is 1. The van der Waals surface area contributed by atoms with Crippen LogP contribution in [0.2, 0.25) is 0 Å². The predicted octanol–water partition coefficient (Wildman–Crippen LogP) is 3.95. The number of anilines is 1. The largest absolute Gasteiger partial charge is 0.496 e. The molecule has 0 spiro atoms. The number of aromatic nitrogens is 2.